The Balaban J connectivity index is 2.91. The van der Waals surface area contributed by atoms with Crippen LogP contribution in [0.2, 0.25) is 0 Å². The number of aliphatic hydroxyl groups excluding tert-OH is 1. The second-order valence-corrected chi connectivity index (χ2v) is 5.53. The molecule has 3 nitrogen and oxygen atoms in total. The van der Waals surface area contributed by atoms with E-state index in [1.54, 1.807) is 0 Å². The van der Waals surface area contributed by atoms with Crippen molar-refractivity contribution in [2.75, 3.05) is 12.3 Å². The molecule has 0 saturated carbocycles. The summed E-state index contributed by atoms with van der Waals surface area (Å²) in [5, 5.41) is 12.9. The van der Waals surface area contributed by atoms with Crippen LogP contribution in [0.4, 0.5) is 18.9 Å². The number of halogens is 3. The van der Waals surface area contributed by atoms with E-state index < -0.39 is 17.8 Å². The van der Waals surface area contributed by atoms with Gasteiger partial charge in [-0.25, -0.2) is 0 Å². The predicted molar refractivity (Wildman–Crippen MR) is 68.6 cm³/mol. The molecule has 0 aliphatic heterocycles. The van der Waals surface area contributed by atoms with Crippen molar-refractivity contribution >= 4 is 5.69 Å². The maximum atomic E-state index is 12.6. The Kier molecular flexibility index (Phi) is 4.47. The SMILES string of the molecule is CC(C)(C)NCC(O)c1cc(N)cc(C(F)(F)F)c1. The summed E-state index contributed by atoms with van der Waals surface area (Å²) < 4.78 is 37.9. The highest BCUT2D eigenvalue weighted by molar-refractivity contribution is 5.46. The molecule has 0 amide bonds. The molecule has 108 valence electrons. The van der Waals surface area contributed by atoms with Crippen molar-refractivity contribution in [1.29, 1.82) is 0 Å². The smallest absolute Gasteiger partial charge is 0.399 e. The first-order valence-electron chi connectivity index (χ1n) is 5.90. The molecule has 0 aliphatic carbocycles. The average molecular weight is 276 g/mol. The lowest BCUT2D eigenvalue weighted by Crippen LogP contribution is -2.38. The van der Waals surface area contributed by atoms with Crippen LogP contribution in [0.1, 0.15) is 38.0 Å². The molecule has 0 saturated heterocycles. The number of rotatable bonds is 3. The molecule has 19 heavy (non-hydrogen) atoms. The molecule has 0 fully saturated rings. The highest BCUT2D eigenvalue weighted by Crippen LogP contribution is 2.32. The highest BCUT2D eigenvalue weighted by atomic mass is 19.4. The molecule has 0 spiro atoms. The van der Waals surface area contributed by atoms with Crippen LogP contribution in [0.15, 0.2) is 18.2 Å². The number of anilines is 1. The summed E-state index contributed by atoms with van der Waals surface area (Å²) >= 11 is 0. The molecule has 1 aromatic carbocycles. The van der Waals surface area contributed by atoms with Gasteiger partial charge >= 0.3 is 6.18 Å². The van der Waals surface area contributed by atoms with Crippen molar-refractivity contribution in [3.8, 4) is 0 Å². The number of aliphatic hydroxyl groups is 1. The Morgan fingerprint density at radius 2 is 1.79 bits per heavy atom. The third kappa shape index (κ3) is 5.08. The average Bonchev–Trinajstić information content (AvgIpc) is 2.22. The van der Waals surface area contributed by atoms with E-state index in [1.807, 2.05) is 20.8 Å². The molecule has 0 aliphatic rings. The quantitative estimate of drug-likeness (QED) is 0.744. The number of alkyl halides is 3. The lowest BCUT2D eigenvalue weighted by atomic mass is 10.0. The second-order valence-electron chi connectivity index (χ2n) is 5.53. The molecule has 0 radical (unpaired) electrons. The third-order valence-corrected chi connectivity index (χ3v) is 2.52. The van der Waals surface area contributed by atoms with E-state index in [0.717, 1.165) is 12.1 Å². The minimum atomic E-state index is -4.47. The van der Waals surface area contributed by atoms with Gasteiger partial charge in [-0.3, -0.25) is 0 Å². The van der Waals surface area contributed by atoms with Gasteiger partial charge in [0.1, 0.15) is 0 Å². The van der Waals surface area contributed by atoms with Crippen LogP contribution in [0.5, 0.6) is 0 Å². The van der Waals surface area contributed by atoms with E-state index in [0.29, 0.717) is 0 Å². The fraction of sp³-hybridized carbons (Fsp3) is 0.538. The topological polar surface area (TPSA) is 58.3 Å². The molecule has 1 unspecified atom stereocenters. The van der Waals surface area contributed by atoms with Crippen molar-refractivity contribution in [3.63, 3.8) is 0 Å². The van der Waals surface area contributed by atoms with E-state index in [1.165, 1.54) is 6.07 Å². The maximum Gasteiger partial charge on any atom is 0.416 e. The van der Waals surface area contributed by atoms with Crippen LogP contribution in [0.25, 0.3) is 0 Å². The molecule has 0 bridgehead atoms. The van der Waals surface area contributed by atoms with Crippen LogP contribution in [0, 0.1) is 0 Å². The number of hydrogen-bond donors (Lipinski definition) is 3. The van der Waals surface area contributed by atoms with Crippen LogP contribution in [-0.2, 0) is 6.18 Å². The van der Waals surface area contributed by atoms with Crippen molar-refractivity contribution < 1.29 is 18.3 Å². The van der Waals surface area contributed by atoms with Crippen LogP contribution in [0.3, 0.4) is 0 Å². The predicted octanol–water partition coefficient (Wildman–Crippen LogP) is 2.71. The summed E-state index contributed by atoms with van der Waals surface area (Å²) in [5.74, 6) is 0. The molecule has 1 aromatic rings. The lowest BCUT2D eigenvalue weighted by molar-refractivity contribution is -0.137. The summed E-state index contributed by atoms with van der Waals surface area (Å²) in [5.41, 5.74) is 4.51. The van der Waals surface area contributed by atoms with Crippen molar-refractivity contribution in [2.45, 2.75) is 38.6 Å². The third-order valence-electron chi connectivity index (χ3n) is 2.52. The molecule has 0 aromatic heterocycles. The number of nitrogens with one attached hydrogen (secondary N) is 1. The van der Waals surface area contributed by atoms with E-state index in [-0.39, 0.29) is 23.3 Å². The van der Waals surface area contributed by atoms with Gasteiger partial charge in [-0.05, 0) is 44.5 Å². The number of benzene rings is 1. The van der Waals surface area contributed by atoms with Crippen LogP contribution >= 0.6 is 0 Å². The van der Waals surface area contributed by atoms with E-state index in [4.69, 9.17) is 5.73 Å². The van der Waals surface area contributed by atoms with Gasteiger partial charge in [-0.15, -0.1) is 0 Å². The minimum absolute atomic E-state index is 0.0142. The van der Waals surface area contributed by atoms with Gasteiger partial charge in [-0.2, -0.15) is 13.2 Å². The van der Waals surface area contributed by atoms with E-state index in [9.17, 15) is 18.3 Å². The van der Waals surface area contributed by atoms with Gasteiger partial charge in [0.25, 0.3) is 0 Å². The highest BCUT2D eigenvalue weighted by Gasteiger charge is 2.31. The summed E-state index contributed by atoms with van der Waals surface area (Å²) in [6, 6.07) is 3.13. The first-order chi connectivity index (χ1) is 8.49. The zero-order valence-corrected chi connectivity index (χ0v) is 11.2. The second kappa shape index (κ2) is 5.38. The molecule has 0 heterocycles. The molecular weight excluding hydrogens is 257 g/mol. The Morgan fingerprint density at radius 1 is 1.21 bits per heavy atom. The normalized spacial score (nSPS) is 14.5. The van der Waals surface area contributed by atoms with Crippen molar-refractivity contribution in [2.24, 2.45) is 0 Å². The summed E-state index contributed by atoms with van der Waals surface area (Å²) in [7, 11) is 0. The molecule has 4 N–H and O–H groups in total. The van der Waals surface area contributed by atoms with Gasteiger partial charge in [0.15, 0.2) is 0 Å². The number of β-amino-alcohol motifs (C(OH)–C–C–N with tert-alkyl or cyclic N) is 1. The molecular formula is C13H19F3N2O. The monoisotopic (exact) mass is 276 g/mol. The summed E-state index contributed by atoms with van der Waals surface area (Å²) in [6.45, 7) is 5.87. The Labute approximate surface area is 110 Å². The van der Waals surface area contributed by atoms with Gasteiger partial charge in [0, 0.05) is 17.8 Å². The largest absolute Gasteiger partial charge is 0.416 e. The molecule has 6 heteroatoms. The fourth-order valence-corrected chi connectivity index (χ4v) is 1.55. The fourth-order valence-electron chi connectivity index (χ4n) is 1.55. The van der Waals surface area contributed by atoms with Crippen molar-refractivity contribution in [3.05, 3.63) is 29.3 Å². The zero-order valence-electron chi connectivity index (χ0n) is 11.2. The van der Waals surface area contributed by atoms with E-state index in [2.05, 4.69) is 5.32 Å². The summed E-state index contributed by atoms with van der Waals surface area (Å²) in [6.07, 6.45) is -5.51. The zero-order chi connectivity index (χ0) is 14.8. The maximum absolute atomic E-state index is 12.6. The van der Waals surface area contributed by atoms with Gasteiger partial charge < -0.3 is 16.2 Å². The summed E-state index contributed by atoms with van der Waals surface area (Å²) in [4.78, 5) is 0. The number of nitrogens with two attached hydrogens (primary N) is 1. The minimum Gasteiger partial charge on any atom is -0.399 e. The van der Waals surface area contributed by atoms with Crippen LogP contribution in [-0.4, -0.2) is 17.2 Å². The number of nitrogen functional groups attached to an aromatic ring is 1. The van der Waals surface area contributed by atoms with Crippen molar-refractivity contribution in [1.82, 2.24) is 5.32 Å². The lowest BCUT2D eigenvalue weighted by Gasteiger charge is -2.23. The Morgan fingerprint density at radius 3 is 2.26 bits per heavy atom. The first kappa shape index (κ1) is 15.8. The van der Waals surface area contributed by atoms with Gasteiger partial charge in [-0.1, -0.05) is 0 Å². The van der Waals surface area contributed by atoms with Gasteiger partial charge in [0.2, 0.25) is 0 Å². The van der Waals surface area contributed by atoms with E-state index >= 15 is 0 Å². The number of hydrogen-bond acceptors (Lipinski definition) is 3. The Hall–Kier alpha value is -1.27. The standard InChI is InChI=1S/C13H19F3N2O/c1-12(2,3)18-7-11(19)8-4-9(13(14,15)16)6-10(17)5-8/h4-6,11,18-19H,7,17H2,1-3H3. The Bertz CT molecular complexity index is 438. The first-order valence-corrected chi connectivity index (χ1v) is 5.90. The molecule has 1 atom stereocenters. The van der Waals surface area contributed by atoms with Crippen LogP contribution < -0.4 is 11.1 Å². The molecule has 1 rings (SSSR count). The van der Waals surface area contributed by atoms with Gasteiger partial charge in [0.05, 0.1) is 11.7 Å².